The maximum absolute atomic E-state index is 13.6. The van der Waals surface area contributed by atoms with E-state index in [-0.39, 0.29) is 49.0 Å². The van der Waals surface area contributed by atoms with Crippen molar-refractivity contribution in [3.8, 4) is 5.75 Å². The first-order valence-electron chi connectivity index (χ1n) is 14.6. The lowest BCUT2D eigenvalue weighted by atomic mass is 9.96. The Hall–Kier alpha value is -3.82. The molecule has 3 amide bonds. The first-order chi connectivity index (χ1) is 19.8. The Morgan fingerprint density at radius 2 is 2.00 bits per heavy atom. The normalized spacial score (nSPS) is 20.5. The fourth-order valence-corrected chi connectivity index (χ4v) is 5.65. The number of benzene rings is 1. The van der Waals surface area contributed by atoms with Crippen LogP contribution in [0.25, 0.3) is 10.4 Å². The molecule has 1 fully saturated rings. The Bertz CT molecular complexity index is 1210. The molecule has 11 nitrogen and oxygen atoms in total. The van der Waals surface area contributed by atoms with Gasteiger partial charge in [-0.15, -0.1) is 0 Å². The van der Waals surface area contributed by atoms with Crippen molar-refractivity contribution in [2.75, 3.05) is 32.0 Å². The number of hydrogen-bond acceptors (Lipinski definition) is 6. The van der Waals surface area contributed by atoms with Crippen molar-refractivity contribution < 1.29 is 14.3 Å². The molecule has 0 radical (unpaired) electrons. The summed E-state index contributed by atoms with van der Waals surface area (Å²) in [5.74, 6) is 0.560. The van der Waals surface area contributed by atoms with Crippen molar-refractivity contribution >= 4 is 17.6 Å². The van der Waals surface area contributed by atoms with Gasteiger partial charge in [0.2, 0.25) is 5.91 Å². The number of likely N-dealkylation sites (N-methyl/N-ethyl adjacent to an activating group) is 1. The van der Waals surface area contributed by atoms with Gasteiger partial charge in [-0.3, -0.25) is 14.7 Å². The summed E-state index contributed by atoms with van der Waals surface area (Å²) in [6.07, 6.45) is 8.96. The van der Waals surface area contributed by atoms with E-state index in [9.17, 15) is 9.59 Å². The third kappa shape index (κ3) is 8.83. The molecule has 0 spiro atoms. The second-order valence-electron chi connectivity index (χ2n) is 11.4. The SMILES string of the molecule is C[C@@H]1CN([C@@H](C)CN=[N+]=[N-])C(=O)Cc2cc(NC(=O)NC3CCCCC3)ccc2O[C@H]1CN(C)Cc1ccncc1. The quantitative estimate of drug-likeness (QED) is 0.248. The van der Waals surface area contributed by atoms with Gasteiger partial charge >= 0.3 is 6.03 Å². The molecule has 41 heavy (non-hydrogen) atoms. The lowest BCUT2D eigenvalue weighted by Crippen LogP contribution is -2.47. The van der Waals surface area contributed by atoms with Crippen molar-refractivity contribution in [3.63, 3.8) is 0 Å². The zero-order valence-corrected chi connectivity index (χ0v) is 24.3. The minimum atomic E-state index is -0.264. The van der Waals surface area contributed by atoms with Crippen LogP contribution >= 0.6 is 0 Å². The average Bonchev–Trinajstić information content (AvgIpc) is 3.00. The molecular weight excluding hydrogens is 520 g/mol. The highest BCUT2D eigenvalue weighted by atomic mass is 16.5. The summed E-state index contributed by atoms with van der Waals surface area (Å²) in [7, 11) is 2.05. The summed E-state index contributed by atoms with van der Waals surface area (Å²) in [6.45, 7) is 6.02. The van der Waals surface area contributed by atoms with Gasteiger partial charge in [0.1, 0.15) is 11.9 Å². The number of nitrogens with one attached hydrogen (secondary N) is 2. The Morgan fingerprint density at radius 1 is 1.24 bits per heavy atom. The van der Waals surface area contributed by atoms with Crippen molar-refractivity contribution in [1.82, 2.24) is 20.1 Å². The number of aromatic nitrogens is 1. The van der Waals surface area contributed by atoms with Gasteiger partial charge in [-0.25, -0.2) is 4.79 Å². The molecule has 2 N–H and O–H groups in total. The molecule has 11 heteroatoms. The first kappa shape index (κ1) is 30.1. The molecule has 220 valence electrons. The van der Waals surface area contributed by atoms with Crippen molar-refractivity contribution in [2.24, 2.45) is 11.0 Å². The zero-order valence-electron chi connectivity index (χ0n) is 24.3. The number of hydrogen-bond donors (Lipinski definition) is 2. The van der Waals surface area contributed by atoms with Crippen LogP contribution in [0.3, 0.4) is 0 Å². The number of fused-ring (bicyclic) bond motifs is 1. The number of rotatable bonds is 9. The molecule has 2 aromatic rings. The van der Waals surface area contributed by atoms with Crippen LogP contribution in [0.15, 0.2) is 47.8 Å². The van der Waals surface area contributed by atoms with Crippen LogP contribution < -0.4 is 15.4 Å². The lowest BCUT2D eigenvalue weighted by molar-refractivity contribution is -0.133. The number of azide groups is 1. The van der Waals surface area contributed by atoms with Crippen LogP contribution in [0.4, 0.5) is 10.5 Å². The maximum Gasteiger partial charge on any atom is 0.319 e. The van der Waals surface area contributed by atoms with Gasteiger partial charge < -0.3 is 20.3 Å². The molecule has 3 atom stereocenters. The largest absolute Gasteiger partial charge is 0.488 e. The number of carbonyl (C=O) groups is 2. The molecule has 0 saturated heterocycles. The number of anilines is 1. The molecular formula is C30H42N8O3. The zero-order chi connectivity index (χ0) is 29.2. The molecule has 1 saturated carbocycles. The van der Waals surface area contributed by atoms with Crippen LogP contribution in [0.2, 0.25) is 0 Å². The summed E-state index contributed by atoms with van der Waals surface area (Å²) in [5, 5.41) is 9.75. The third-order valence-electron chi connectivity index (χ3n) is 7.95. The monoisotopic (exact) mass is 562 g/mol. The number of ether oxygens (including phenoxy) is 1. The van der Waals surface area contributed by atoms with E-state index in [1.165, 1.54) is 6.42 Å². The average molecular weight is 563 g/mol. The van der Waals surface area contributed by atoms with Crippen LogP contribution in [0.5, 0.6) is 5.75 Å². The van der Waals surface area contributed by atoms with Gasteiger partial charge in [-0.1, -0.05) is 31.3 Å². The summed E-state index contributed by atoms with van der Waals surface area (Å²) in [4.78, 5) is 37.3. The van der Waals surface area contributed by atoms with E-state index in [2.05, 4.69) is 44.5 Å². The van der Waals surface area contributed by atoms with Crippen LogP contribution in [-0.2, 0) is 17.8 Å². The highest BCUT2D eigenvalue weighted by molar-refractivity contribution is 5.90. The first-order valence-corrected chi connectivity index (χ1v) is 14.6. The van der Waals surface area contributed by atoms with E-state index in [1.807, 2.05) is 37.3 Å². The predicted octanol–water partition coefficient (Wildman–Crippen LogP) is 5.13. The minimum Gasteiger partial charge on any atom is -0.488 e. The van der Waals surface area contributed by atoms with E-state index in [1.54, 1.807) is 17.3 Å². The fraction of sp³-hybridized carbons (Fsp3) is 0.567. The second kappa shape index (κ2) is 14.7. The standard InChI is InChI=1S/C30H42N8O3/c1-21-18-38(22(2)17-33-36-31)29(39)16-24-15-26(35-30(40)34-25-7-5-4-6-8-25)9-10-27(24)41-28(21)20-37(3)19-23-11-13-32-14-12-23/h9-15,21-22,25,28H,4-8,16-20H2,1-3H3,(H2,34,35,40)/t21-,22+,28+/m1/s1. The Morgan fingerprint density at radius 3 is 2.73 bits per heavy atom. The van der Waals surface area contributed by atoms with Gasteiger partial charge in [0.05, 0.1) is 6.42 Å². The van der Waals surface area contributed by atoms with Crippen molar-refractivity contribution in [1.29, 1.82) is 0 Å². The summed E-state index contributed by atoms with van der Waals surface area (Å²) < 4.78 is 6.63. The molecule has 0 unspecified atom stereocenters. The second-order valence-corrected chi connectivity index (χ2v) is 11.4. The molecule has 4 rings (SSSR count). The molecule has 2 aliphatic rings. The Labute approximate surface area is 242 Å². The van der Waals surface area contributed by atoms with Crippen molar-refractivity contribution in [3.05, 3.63) is 64.3 Å². The summed E-state index contributed by atoms with van der Waals surface area (Å²) >= 11 is 0. The van der Waals surface area contributed by atoms with Crippen molar-refractivity contribution in [2.45, 2.75) is 77.1 Å². The Balaban J connectivity index is 1.55. The highest BCUT2D eigenvalue weighted by Crippen LogP contribution is 2.29. The molecule has 1 aromatic heterocycles. The van der Waals surface area contributed by atoms with Crippen LogP contribution in [0.1, 0.15) is 57.1 Å². The van der Waals surface area contributed by atoms with Gasteiger partial charge in [0.15, 0.2) is 0 Å². The molecule has 1 aliphatic carbocycles. The number of amides is 3. The molecule has 1 aliphatic heterocycles. The number of pyridine rings is 1. The molecule has 1 aromatic carbocycles. The summed E-state index contributed by atoms with van der Waals surface area (Å²) in [6, 6.07) is 9.19. The molecule has 2 heterocycles. The third-order valence-corrected chi connectivity index (χ3v) is 7.95. The summed E-state index contributed by atoms with van der Waals surface area (Å²) in [5.41, 5.74) is 11.3. The van der Waals surface area contributed by atoms with Crippen LogP contribution in [-0.4, -0.2) is 71.6 Å². The minimum absolute atomic E-state index is 0.00243. The number of nitrogens with zero attached hydrogens (tertiary/aromatic N) is 6. The van der Waals surface area contributed by atoms with Gasteiger partial charge in [-0.05, 0) is 68.2 Å². The van der Waals surface area contributed by atoms with E-state index >= 15 is 0 Å². The van der Waals surface area contributed by atoms with Gasteiger partial charge in [0, 0.05) is 72.7 Å². The van der Waals surface area contributed by atoms with Gasteiger partial charge in [0.25, 0.3) is 0 Å². The number of carbonyl (C=O) groups excluding carboxylic acids is 2. The smallest absolute Gasteiger partial charge is 0.319 e. The van der Waals surface area contributed by atoms with Crippen LogP contribution in [0, 0.1) is 5.92 Å². The van der Waals surface area contributed by atoms with E-state index in [4.69, 9.17) is 10.3 Å². The fourth-order valence-electron chi connectivity index (χ4n) is 5.65. The van der Waals surface area contributed by atoms with E-state index in [0.717, 1.165) is 37.8 Å². The van der Waals surface area contributed by atoms with E-state index in [0.29, 0.717) is 30.1 Å². The number of urea groups is 1. The maximum atomic E-state index is 13.6. The molecule has 0 bridgehead atoms. The van der Waals surface area contributed by atoms with E-state index < -0.39 is 0 Å². The van der Waals surface area contributed by atoms with Gasteiger partial charge in [-0.2, -0.15) is 0 Å². The highest BCUT2D eigenvalue weighted by Gasteiger charge is 2.31. The Kier molecular flexibility index (Phi) is 10.8. The predicted molar refractivity (Wildman–Crippen MR) is 159 cm³/mol. The topological polar surface area (TPSA) is 136 Å². The lowest BCUT2D eigenvalue weighted by Gasteiger charge is -2.34.